The molecule has 0 aliphatic rings. The molecule has 0 N–H and O–H groups in total. The van der Waals surface area contributed by atoms with Crippen molar-refractivity contribution < 1.29 is 0 Å². The Kier molecular flexibility index (Phi) is 3.10. The number of para-hydroxylation sites is 2. The Balaban J connectivity index is 1.81. The van der Waals surface area contributed by atoms with Crippen molar-refractivity contribution in [2.45, 2.75) is 0 Å². The van der Waals surface area contributed by atoms with Crippen molar-refractivity contribution >= 4 is 21.8 Å². The summed E-state index contributed by atoms with van der Waals surface area (Å²) >= 11 is 0. The number of fused-ring (bicyclic) bond motifs is 3. The second-order valence-corrected chi connectivity index (χ2v) is 6.00. The van der Waals surface area contributed by atoms with Gasteiger partial charge in [-0.3, -0.25) is 4.57 Å². The van der Waals surface area contributed by atoms with Gasteiger partial charge in [-0.05, 0) is 12.1 Å². The molecule has 0 aliphatic carbocycles. The minimum absolute atomic E-state index is 0.881. The number of hydrogen-bond donors (Lipinski definition) is 0. The first-order valence-corrected chi connectivity index (χ1v) is 8.28. The first-order chi connectivity index (χ1) is 12.4. The van der Waals surface area contributed by atoms with E-state index >= 15 is 0 Å². The van der Waals surface area contributed by atoms with Gasteiger partial charge in [-0.1, -0.05) is 66.7 Å². The van der Waals surface area contributed by atoms with E-state index in [4.69, 9.17) is 0 Å². The molecule has 2 heterocycles. The predicted octanol–water partition coefficient (Wildman–Crippen LogP) is 5.24. The van der Waals surface area contributed by atoms with E-state index in [0.717, 1.165) is 28.1 Å². The van der Waals surface area contributed by atoms with Crippen LogP contribution in [0.3, 0.4) is 0 Å². The SMILES string of the molecule is c1ccc(-c2cc(-n3c4ccccc4c4ccccc43)ncn2)cc1. The van der Waals surface area contributed by atoms with Crippen LogP contribution in [-0.2, 0) is 0 Å². The molecule has 3 heteroatoms. The van der Waals surface area contributed by atoms with Gasteiger partial charge in [0.05, 0.1) is 16.7 Å². The molecule has 5 rings (SSSR count). The molecule has 0 atom stereocenters. The minimum Gasteiger partial charge on any atom is -0.294 e. The van der Waals surface area contributed by atoms with Crippen LogP contribution < -0.4 is 0 Å². The molecular weight excluding hydrogens is 306 g/mol. The van der Waals surface area contributed by atoms with Gasteiger partial charge in [0.2, 0.25) is 0 Å². The molecule has 0 aliphatic heterocycles. The first kappa shape index (κ1) is 13.9. The van der Waals surface area contributed by atoms with Gasteiger partial charge in [0.15, 0.2) is 0 Å². The van der Waals surface area contributed by atoms with Crippen LogP contribution in [0.5, 0.6) is 0 Å². The lowest BCUT2D eigenvalue weighted by atomic mass is 10.1. The van der Waals surface area contributed by atoms with Crippen molar-refractivity contribution in [1.29, 1.82) is 0 Å². The summed E-state index contributed by atoms with van der Waals surface area (Å²) in [6.07, 6.45) is 1.64. The summed E-state index contributed by atoms with van der Waals surface area (Å²) in [7, 11) is 0. The van der Waals surface area contributed by atoms with Crippen molar-refractivity contribution in [3.63, 3.8) is 0 Å². The largest absolute Gasteiger partial charge is 0.294 e. The standard InChI is InChI=1S/C22H15N3/c1-2-8-16(9-3-1)19-14-22(24-15-23-19)25-20-12-6-4-10-17(20)18-11-5-7-13-21(18)25/h1-15H. The molecule has 0 bridgehead atoms. The van der Waals surface area contributed by atoms with E-state index in [-0.39, 0.29) is 0 Å². The van der Waals surface area contributed by atoms with E-state index in [1.54, 1.807) is 6.33 Å². The Bertz CT molecular complexity index is 1140. The number of nitrogens with zero attached hydrogens (tertiary/aromatic N) is 3. The van der Waals surface area contributed by atoms with Crippen molar-refractivity contribution in [2.75, 3.05) is 0 Å². The van der Waals surface area contributed by atoms with E-state index in [1.807, 2.05) is 24.3 Å². The zero-order valence-electron chi connectivity index (χ0n) is 13.5. The average molecular weight is 321 g/mol. The Morgan fingerprint density at radius 3 is 1.88 bits per heavy atom. The summed E-state index contributed by atoms with van der Waals surface area (Å²) < 4.78 is 2.21. The maximum atomic E-state index is 4.56. The Labute approximate surface area is 145 Å². The van der Waals surface area contributed by atoms with Gasteiger partial charge in [-0.25, -0.2) is 9.97 Å². The third-order valence-electron chi connectivity index (χ3n) is 4.53. The number of rotatable bonds is 2. The zero-order chi connectivity index (χ0) is 16.6. The van der Waals surface area contributed by atoms with Gasteiger partial charge in [0, 0.05) is 22.4 Å². The van der Waals surface area contributed by atoms with Gasteiger partial charge in [-0.15, -0.1) is 0 Å². The molecule has 25 heavy (non-hydrogen) atoms. The lowest BCUT2D eigenvalue weighted by molar-refractivity contribution is 1.04. The third kappa shape index (κ3) is 2.21. The van der Waals surface area contributed by atoms with Crippen molar-refractivity contribution in [3.8, 4) is 17.1 Å². The quantitative estimate of drug-likeness (QED) is 0.445. The fourth-order valence-electron chi connectivity index (χ4n) is 3.41. The van der Waals surface area contributed by atoms with Gasteiger partial charge in [-0.2, -0.15) is 0 Å². The predicted molar refractivity (Wildman–Crippen MR) is 102 cm³/mol. The van der Waals surface area contributed by atoms with Crippen LogP contribution in [0.25, 0.3) is 38.9 Å². The lowest BCUT2D eigenvalue weighted by Gasteiger charge is -2.08. The molecule has 3 nitrogen and oxygen atoms in total. The molecule has 0 fully saturated rings. The normalized spacial score (nSPS) is 11.2. The highest BCUT2D eigenvalue weighted by molar-refractivity contribution is 6.09. The van der Waals surface area contributed by atoms with Crippen LogP contribution in [0.2, 0.25) is 0 Å². The number of hydrogen-bond acceptors (Lipinski definition) is 2. The molecule has 0 radical (unpaired) electrons. The molecule has 3 aromatic carbocycles. The topological polar surface area (TPSA) is 30.7 Å². The minimum atomic E-state index is 0.881. The highest BCUT2D eigenvalue weighted by atomic mass is 15.1. The highest BCUT2D eigenvalue weighted by Gasteiger charge is 2.12. The molecular formula is C22H15N3. The van der Waals surface area contributed by atoms with Crippen LogP contribution in [0.1, 0.15) is 0 Å². The maximum absolute atomic E-state index is 4.56. The summed E-state index contributed by atoms with van der Waals surface area (Å²) in [6, 6.07) is 29.1. The summed E-state index contributed by atoms with van der Waals surface area (Å²) in [6.45, 7) is 0. The van der Waals surface area contributed by atoms with E-state index in [1.165, 1.54) is 10.8 Å². The van der Waals surface area contributed by atoms with Crippen molar-refractivity contribution in [2.24, 2.45) is 0 Å². The van der Waals surface area contributed by atoms with Gasteiger partial charge in [0.25, 0.3) is 0 Å². The third-order valence-corrected chi connectivity index (χ3v) is 4.53. The van der Waals surface area contributed by atoms with Crippen molar-refractivity contribution in [1.82, 2.24) is 14.5 Å². The Morgan fingerprint density at radius 1 is 0.600 bits per heavy atom. The molecule has 0 saturated heterocycles. The van der Waals surface area contributed by atoms with E-state index < -0.39 is 0 Å². The monoisotopic (exact) mass is 321 g/mol. The average Bonchev–Trinajstić information content (AvgIpc) is 3.03. The highest BCUT2D eigenvalue weighted by Crippen LogP contribution is 2.31. The molecule has 0 saturated carbocycles. The summed E-state index contributed by atoms with van der Waals surface area (Å²) in [4.78, 5) is 9.01. The van der Waals surface area contributed by atoms with Crippen LogP contribution >= 0.6 is 0 Å². The second kappa shape index (κ2) is 5.56. The van der Waals surface area contributed by atoms with Gasteiger partial charge >= 0.3 is 0 Å². The van der Waals surface area contributed by atoms with Crippen LogP contribution in [0, 0.1) is 0 Å². The Morgan fingerprint density at radius 2 is 1.20 bits per heavy atom. The van der Waals surface area contributed by atoms with Gasteiger partial charge < -0.3 is 0 Å². The van der Waals surface area contributed by atoms with Crippen LogP contribution in [0.4, 0.5) is 0 Å². The zero-order valence-corrected chi connectivity index (χ0v) is 13.5. The second-order valence-electron chi connectivity index (χ2n) is 6.00. The first-order valence-electron chi connectivity index (χ1n) is 8.28. The van der Waals surface area contributed by atoms with Crippen molar-refractivity contribution in [3.05, 3.63) is 91.3 Å². The summed E-state index contributed by atoms with van der Waals surface area (Å²) in [5.41, 5.74) is 4.32. The van der Waals surface area contributed by atoms with Gasteiger partial charge in [0.1, 0.15) is 12.1 Å². The van der Waals surface area contributed by atoms with E-state index in [9.17, 15) is 0 Å². The lowest BCUT2D eigenvalue weighted by Crippen LogP contribution is -1.98. The maximum Gasteiger partial charge on any atom is 0.141 e. The molecule has 0 spiro atoms. The van der Waals surface area contributed by atoms with Crippen LogP contribution in [-0.4, -0.2) is 14.5 Å². The fraction of sp³-hybridized carbons (Fsp3) is 0. The summed E-state index contributed by atoms with van der Waals surface area (Å²) in [5.74, 6) is 0.881. The fourth-order valence-corrected chi connectivity index (χ4v) is 3.41. The molecule has 0 amide bonds. The number of aromatic nitrogens is 3. The number of benzene rings is 3. The summed E-state index contributed by atoms with van der Waals surface area (Å²) in [5, 5.41) is 2.47. The molecule has 118 valence electrons. The van der Waals surface area contributed by atoms with Crippen LogP contribution in [0.15, 0.2) is 91.3 Å². The van der Waals surface area contributed by atoms with E-state index in [0.29, 0.717) is 0 Å². The van der Waals surface area contributed by atoms with E-state index in [2.05, 4.69) is 75.2 Å². The molecule has 0 unspecified atom stereocenters. The smallest absolute Gasteiger partial charge is 0.141 e. The molecule has 2 aromatic heterocycles. The molecule has 5 aromatic rings. The Hall–Kier alpha value is -3.46.